The molecule has 0 radical (unpaired) electrons. The summed E-state index contributed by atoms with van der Waals surface area (Å²) in [6.45, 7) is 4.07. The fraction of sp³-hybridized carbons (Fsp3) is 0.500. The Balaban J connectivity index is 2.08. The van der Waals surface area contributed by atoms with E-state index in [4.69, 9.17) is 0 Å². The van der Waals surface area contributed by atoms with Gasteiger partial charge in [-0.1, -0.05) is 29.8 Å². The molecule has 1 N–H and O–H groups in total. The van der Waals surface area contributed by atoms with Crippen molar-refractivity contribution in [3.63, 3.8) is 0 Å². The molecule has 86 valence electrons. The topological polar surface area (TPSA) is 29.1 Å². The number of hydrogen-bond donors (Lipinski definition) is 1. The lowest BCUT2D eigenvalue weighted by atomic mass is 9.91. The van der Waals surface area contributed by atoms with Gasteiger partial charge in [0, 0.05) is 11.5 Å². The minimum atomic E-state index is 0.220. The van der Waals surface area contributed by atoms with Gasteiger partial charge in [-0.3, -0.25) is 4.79 Å². The molecule has 1 saturated heterocycles. The molecule has 0 spiro atoms. The van der Waals surface area contributed by atoms with E-state index in [1.807, 2.05) is 31.2 Å². The highest BCUT2D eigenvalue weighted by molar-refractivity contribution is 5.97. The van der Waals surface area contributed by atoms with Gasteiger partial charge in [-0.05, 0) is 39.3 Å². The van der Waals surface area contributed by atoms with Gasteiger partial charge in [0.05, 0.1) is 0 Å². The van der Waals surface area contributed by atoms with Crippen LogP contribution in [0.15, 0.2) is 24.3 Å². The van der Waals surface area contributed by atoms with E-state index in [-0.39, 0.29) is 5.92 Å². The first kappa shape index (κ1) is 11.3. The van der Waals surface area contributed by atoms with Crippen molar-refractivity contribution in [3.05, 3.63) is 35.4 Å². The molecule has 0 aromatic heterocycles. The van der Waals surface area contributed by atoms with Gasteiger partial charge in [0.15, 0.2) is 5.78 Å². The number of ketones is 1. The molecule has 2 rings (SSSR count). The predicted molar refractivity (Wildman–Crippen MR) is 65.7 cm³/mol. The molecule has 0 aliphatic carbocycles. The van der Waals surface area contributed by atoms with E-state index in [1.165, 1.54) is 5.56 Å². The van der Waals surface area contributed by atoms with Gasteiger partial charge in [-0.2, -0.15) is 0 Å². The van der Waals surface area contributed by atoms with Crippen molar-refractivity contribution >= 4 is 5.78 Å². The molecule has 1 fully saturated rings. The highest BCUT2D eigenvalue weighted by Crippen LogP contribution is 2.19. The zero-order valence-electron chi connectivity index (χ0n) is 9.83. The van der Waals surface area contributed by atoms with Crippen molar-refractivity contribution in [2.45, 2.75) is 26.2 Å². The molecule has 1 aromatic rings. The van der Waals surface area contributed by atoms with Crippen LogP contribution in [-0.4, -0.2) is 18.9 Å². The molecule has 1 aliphatic rings. The Hall–Kier alpha value is -1.15. The predicted octanol–water partition coefficient (Wildman–Crippen LogP) is 2.57. The van der Waals surface area contributed by atoms with Gasteiger partial charge in [-0.15, -0.1) is 0 Å². The Morgan fingerprint density at radius 1 is 1.19 bits per heavy atom. The highest BCUT2D eigenvalue weighted by Gasteiger charge is 2.20. The van der Waals surface area contributed by atoms with Crippen LogP contribution >= 0.6 is 0 Å². The first-order valence-corrected chi connectivity index (χ1v) is 6.09. The van der Waals surface area contributed by atoms with E-state index in [0.717, 1.165) is 37.9 Å². The molecule has 1 aromatic carbocycles. The molecule has 0 amide bonds. The second-order valence-corrected chi connectivity index (χ2v) is 4.61. The molecule has 16 heavy (non-hydrogen) atoms. The SMILES string of the molecule is Cc1ccc(C(=O)C2CCCNCC2)cc1. The van der Waals surface area contributed by atoms with Crippen molar-refractivity contribution < 1.29 is 4.79 Å². The summed E-state index contributed by atoms with van der Waals surface area (Å²) in [6.07, 6.45) is 3.12. The maximum Gasteiger partial charge on any atom is 0.165 e. The van der Waals surface area contributed by atoms with E-state index < -0.39 is 0 Å². The third-order valence-corrected chi connectivity index (χ3v) is 3.28. The zero-order valence-corrected chi connectivity index (χ0v) is 9.83. The molecule has 2 nitrogen and oxygen atoms in total. The first-order chi connectivity index (χ1) is 7.77. The van der Waals surface area contributed by atoms with E-state index in [0.29, 0.717) is 5.78 Å². The number of nitrogens with one attached hydrogen (secondary N) is 1. The molecular weight excluding hydrogens is 198 g/mol. The molecule has 1 unspecified atom stereocenters. The van der Waals surface area contributed by atoms with Crippen LogP contribution < -0.4 is 5.32 Å². The summed E-state index contributed by atoms with van der Waals surface area (Å²) in [5, 5.41) is 3.34. The number of Topliss-reactive ketones (excluding diaryl/α,β-unsaturated/α-hetero) is 1. The lowest BCUT2D eigenvalue weighted by Gasteiger charge is -2.12. The molecular formula is C14H19NO. The smallest absolute Gasteiger partial charge is 0.165 e. The Morgan fingerprint density at radius 2 is 1.94 bits per heavy atom. The number of rotatable bonds is 2. The van der Waals surface area contributed by atoms with Crippen LogP contribution in [0, 0.1) is 12.8 Å². The minimum absolute atomic E-state index is 0.220. The van der Waals surface area contributed by atoms with Crippen LogP contribution in [0.2, 0.25) is 0 Å². The third-order valence-electron chi connectivity index (χ3n) is 3.28. The lowest BCUT2D eigenvalue weighted by molar-refractivity contribution is 0.0910. The number of hydrogen-bond acceptors (Lipinski definition) is 2. The summed E-state index contributed by atoms with van der Waals surface area (Å²) in [4.78, 5) is 12.2. The van der Waals surface area contributed by atoms with Crippen molar-refractivity contribution in [2.24, 2.45) is 5.92 Å². The summed E-state index contributed by atoms with van der Waals surface area (Å²) >= 11 is 0. The summed E-state index contributed by atoms with van der Waals surface area (Å²) in [5.74, 6) is 0.543. The van der Waals surface area contributed by atoms with Crippen LogP contribution in [0.25, 0.3) is 0 Å². The molecule has 1 aliphatic heterocycles. The average Bonchev–Trinajstić information content (AvgIpc) is 2.57. The molecule has 1 heterocycles. The van der Waals surface area contributed by atoms with Gasteiger partial charge in [-0.25, -0.2) is 0 Å². The summed E-state index contributed by atoms with van der Waals surface area (Å²) in [5.41, 5.74) is 2.08. The monoisotopic (exact) mass is 217 g/mol. The number of carbonyl (C=O) groups is 1. The van der Waals surface area contributed by atoms with Gasteiger partial charge >= 0.3 is 0 Å². The van der Waals surface area contributed by atoms with Crippen molar-refractivity contribution in [1.82, 2.24) is 5.32 Å². The maximum atomic E-state index is 12.2. The lowest BCUT2D eigenvalue weighted by Crippen LogP contribution is -2.18. The second-order valence-electron chi connectivity index (χ2n) is 4.61. The Kier molecular flexibility index (Phi) is 3.73. The van der Waals surface area contributed by atoms with Gasteiger partial charge in [0.1, 0.15) is 0 Å². The van der Waals surface area contributed by atoms with E-state index >= 15 is 0 Å². The summed E-state index contributed by atoms with van der Waals surface area (Å²) < 4.78 is 0. The summed E-state index contributed by atoms with van der Waals surface area (Å²) in [7, 11) is 0. The fourth-order valence-electron chi connectivity index (χ4n) is 2.23. The number of aryl methyl sites for hydroxylation is 1. The van der Waals surface area contributed by atoms with Crippen molar-refractivity contribution in [2.75, 3.05) is 13.1 Å². The Morgan fingerprint density at radius 3 is 2.69 bits per heavy atom. The molecule has 0 saturated carbocycles. The van der Waals surface area contributed by atoms with Crippen molar-refractivity contribution in [3.8, 4) is 0 Å². The fourth-order valence-corrected chi connectivity index (χ4v) is 2.23. The Bertz CT molecular complexity index is 348. The largest absolute Gasteiger partial charge is 0.317 e. The zero-order chi connectivity index (χ0) is 11.4. The van der Waals surface area contributed by atoms with Crippen LogP contribution in [-0.2, 0) is 0 Å². The Labute approximate surface area is 97.1 Å². The van der Waals surface area contributed by atoms with Crippen LogP contribution in [0.5, 0.6) is 0 Å². The standard InChI is InChI=1S/C14H19NO/c1-11-4-6-13(7-5-11)14(16)12-3-2-9-15-10-8-12/h4-7,12,15H,2-3,8-10H2,1H3. The average molecular weight is 217 g/mol. The van der Waals surface area contributed by atoms with Gasteiger partial charge in [0.2, 0.25) is 0 Å². The van der Waals surface area contributed by atoms with E-state index in [2.05, 4.69) is 5.32 Å². The third kappa shape index (κ3) is 2.70. The highest BCUT2D eigenvalue weighted by atomic mass is 16.1. The number of carbonyl (C=O) groups excluding carboxylic acids is 1. The van der Waals surface area contributed by atoms with Crippen LogP contribution in [0.4, 0.5) is 0 Å². The van der Waals surface area contributed by atoms with Crippen LogP contribution in [0.1, 0.15) is 35.2 Å². The van der Waals surface area contributed by atoms with E-state index in [9.17, 15) is 4.79 Å². The summed E-state index contributed by atoms with van der Waals surface area (Å²) in [6, 6.07) is 7.94. The molecule has 1 atom stereocenters. The van der Waals surface area contributed by atoms with Gasteiger partial charge in [0.25, 0.3) is 0 Å². The second kappa shape index (κ2) is 5.26. The maximum absolute atomic E-state index is 12.2. The molecule has 2 heteroatoms. The normalized spacial score (nSPS) is 21.4. The number of benzene rings is 1. The quantitative estimate of drug-likeness (QED) is 0.771. The van der Waals surface area contributed by atoms with Crippen LogP contribution in [0.3, 0.4) is 0 Å². The first-order valence-electron chi connectivity index (χ1n) is 6.09. The van der Waals surface area contributed by atoms with Gasteiger partial charge < -0.3 is 5.32 Å². The molecule has 0 bridgehead atoms. The minimum Gasteiger partial charge on any atom is -0.317 e. The van der Waals surface area contributed by atoms with Crippen molar-refractivity contribution in [1.29, 1.82) is 0 Å². The van der Waals surface area contributed by atoms with E-state index in [1.54, 1.807) is 0 Å².